The van der Waals surface area contributed by atoms with Crippen molar-refractivity contribution in [2.24, 2.45) is 0 Å². The van der Waals surface area contributed by atoms with E-state index in [1.54, 1.807) is 26.4 Å². The maximum Gasteiger partial charge on any atom is 0.261 e. The molecule has 2 aliphatic rings. The van der Waals surface area contributed by atoms with Crippen LogP contribution in [0.2, 0.25) is 0 Å². The van der Waals surface area contributed by atoms with Gasteiger partial charge in [-0.1, -0.05) is 6.07 Å². The average Bonchev–Trinajstić information content (AvgIpc) is 3.33. The van der Waals surface area contributed by atoms with E-state index in [0.29, 0.717) is 30.2 Å². The second-order valence-corrected chi connectivity index (χ2v) is 7.53. The summed E-state index contributed by atoms with van der Waals surface area (Å²) < 4.78 is 10.8. The van der Waals surface area contributed by atoms with Crippen molar-refractivity contribution in [3.05, 3.63) is 48.0 Å². The number of nitrogens with zero attached hydrogens (tertiary/aromatic N) is 3. The minimum Gasteiger partial charge on any atom is -0.496 e. The van der Waals surface area contributed by atoms with Crippen LogP contribution in [0.4, 0.5) is 11.4 Å². The molecule has 0 atom stereocenters. The van der Waals surface area contributed by atoms with E-state index < -0.39 is 0 Å². The summed E-state index contributed by atoms with van der Waals surface area (Å²) >= 11 is 0. The lowest BCUT2D eigenvalue weighted by atomic mass is 10.1. The molecule has 2 heterocycles. The molecule has 1 amide bonds. The quantitative estimate of drug-likeness (QED) is 0.778. The second kappa shape index (κ2) is 8.64. The first kappa shape index (κ1) is 19.4. The van der Waals surface area contributed by atoms with E-state index in [-0.39, 0.29) is 5.91 Å². The zero-order chi connectivity index (χ0) is 20.2. The lowest BCUT2D eigenvalue weighted by Crippen LogP contribution is -2.48. The molecule has 2 fully saturated rings. The molecular weight excluding hydrogens is 366 g/mol. The SMILES string of the molecule is COc1cccc(OC)c1C(=O)N1CCN(c2ccc(N3CCCC3)cc2)CC1. The standard InChI is InChI=1S/C23H29N3O3/c1-28-20-6-5-7-21(29-2)22(20)23(27)26-16-14-25(15-17-26)19-10-8-18(9-11-19)24-12-3-4-13-24/h5-11H,3-4,12-17H2,1-2H3. The molecule has 2 aliphatic heterocycles. The van der Waals surface area contributed by atoms with Crippen LogP contribution in [-0.2, 0) is 0 Å². The molecule has 0 saturated carbocycles. The van der Waals surface area contributed by atoms with Crippen molar-refractivity contribution in [3.63, 3.8) is 0 Å². The van der Waals surface area contributed by atoms with Gasteiger partial charge < -0.3 is 24.2 Å². The van der Waals surface area contributed by atoms with Crippen LogP contribution in [0.25, 0.3) is 0 Å². The molecule has 0 unspecified atom stereocenters. The van der Waals surface area contributed by atoms with E-state index in [9.17, 15) is 4.79 Å². The third kappa shape index (κ3) is 3.97. The summed E-state index contributed by atoms with van der Waals surface area (Å²) in [6.45, 7) is 5.29. The van der Waals surface area contributed by atoms with E-state index in [1.165, 1.54) is 24.2 Å². The van der Waals surface area contributed by atoms with Gasteiger partial charge in [-0.05, 0) is 49.2 Å². The topological polar surface area (TPSA) is 45.3 Å². The van der Waals surface area contributed by atoms with Crippen LogP contribution in [0.15, 0.2) is 42.5 Å². The number of benzene rings is 2. The van der Waals surface area contributed by atoms with Crippen molar-refractivity contribution < 1.29 is 14.3 Å². The Bertz CT molecular complexity index is 817. The number of amides is 1. The summed E-state index contributed by atoms with van der Waals surface area (Å²) in [5.74, 6) is 1.06. The lowest BCUT2D eigenvalue weighted by Gasteiger charge is -2.36. The largest absolute Gasteiger partial charge is 0.496 e. The molecular formula is C23H29N3O3. The molecule has 4 rings (SSSR count). The predicted molar refractivity (Wildman–Crippen MR) is 116 cm³/mol. The number of anilines is 2. The normalized spacial score (nSPS) is 16.8. The van der Waals surface area contributed by atoms with Crippen molar-refractivity contribution in [2.45, 2.75) is 12.8 Å². The molecule has 0 aliphatic carbocycles. The number of methoxy groups -OCH3 is 2. The third-order valence-electron chi connectivity index (χ3n) is 5.89. The van der Waals surface area contributed by atoms with Gasteiger partial charge in [-0.25, -0.2) is 0 Å². The smallest absolute Gasteiger partial charge is 0.261 e. The first-order chi connectivity index (χ1) is 14.2. The second-order valence-electron chi connectivity index (χ2n) is 7.53. The van der Waals surface area contributed by atoms with Gasteiger partial charge in [0.1, 0.15) is 17.1 Å². The van der Waals surface area contributed by atoms with Gasteiger partial charge in [0.2, 0.25) is 0 Å². The third-order valence-corrected chi connectivity index (χ3v) is 5.89. The molecule has 0 radical (unpaired) electrons. The first-order valence-corrected chi connectivity index (χ1v) is 10.3. The van der Waals surface area contributed by atoms with E-state index >= 15 is 0 Å². The molecule has 29 heavy (non-hydrogen) atoms. The average molecular weight is 396 g/mol. The molecule has 2 aromatic carbocycles. The van der Waals surface area contributed by atoms with Gasteiger partial charge in [-0.15, -0.1) is 0 Å². The number of rotatable bonds is 5. The van der Waals surface area contributed by atoms with Crippen LogP contribution < -0.4 is 19.3 Å². The molecule has 0 bridgehead atoms. The Kier molecular flexibility index (Phi) is 5.79. The minimum absolute atomic E-state index is 0.0386. The number of ether oxygens (including phenoxy) is 2. The molecule has 0 spiro atoms. The summed E-state index contributed by atoms with van der Waals surface area (Å²) in [4.78, 5) is 19.8. The Morgan fingerprint density at radius 3 is 1.69 bits per heavy atom. The maximum absolute atomic E-state index is 13.1. The van der Waals surface area contributed by atoms with Crippen LogP contribution in [0.5, 0.6) is 11.5 Å². The number of carbonyl (C=O) groups is 1. The van der Waals surface area contributed by atoms with Gasteiger partial charge in [-0.2, -0.15) is 0 Å². The summed E-state index contributed by atoms with van der Waals surface area (Å²) in [7, 11) is 3.16. The number of hydrogen-bond donors (Lipinski definition) is 0. The van der Waals surface area contributed by atoms with Crippen LogP contribution in [-0.4, -0.2) is 64.3 Å². The zero-order valence-corrected chi connectivity index (χ0v) is 17.3. The highest BCUT2D eigenvalue weighted by molar-refractivity contribution is 5.99. The Morgan fingerprint density at radius 1 is 0.724 bits per heavy atom. The van der Waals surface area contributed by atoms with E-state index in [0.717, 1.165) is 26.2 Å². The Hall–Kier alpha value is -2.89. The fourth-order valence-corrected chi connectivity index (χ4v) is 4.24. The Labute approximate surface area is 172 Å². The summed E-state index contributed by atoms with van der Waals surface area (Å²) in [5, 5.41) is 0. The monoisotopic (exact) mass is 395 g/mol. The van der Waals surface area contributed by atoms with Crippen molar-refractivity contribution >= 4 is 17.3 Å². The molecule has 2 saturated heterocycles. The molecule has 2 aromatic rings. The van der Waals surface area contributed by atoms with Crippen LogP contribution in [0, 0.1) is 0 Å². The molecule has 6 heteroatoms. The fourth-order valence-electron chi connectivity index (χ4n) is 4.24. The van der Waals surface area contributed by atoms with Crippen molar-refractivity contribution in [3.8, 4) is 11.5 Å². The van der Waals surface area contributed by atoms with E-state index in [2.05, 4.69) is 34.1 Å². The maximum atomic E-state index is 13.1. The van der Waals surface area contributed by atoms with Crippen molar-refractivity contribution in [2.75, 3.05) is 63.3 Å². The number of piperazine rings is 1. The number of carbonyl (C=O) groups excluding carboxylic acids is 1. The van der Waals surface area contributed by atoms with Crippen LogP contribution in [0.3, 0.4) is 0 Å². The molecule has 0 N–H and O–H groups in total. The summed E-state index contributed by atoms with van der Waals surface area (Å²) in [6.07, 6.45) is 2.57. The highest BCUT2D eigenvalue weighted by atomic mass is 16.5. The summed E-state index contributed by atoms with van der Waals surface area (Å²) in [6, 6.07) is 14.3. The van der Waals surface area contributed by atoms with Crippen molar-refractivity contribution in [1.82, 2.24) is 4.90 Å². The zero-order valence-electron chi connectivity index (χ0n) is 17.3. The van der Waals surface area contributed by atoms with Gasteiger partial charge in [-0.3, -0.25) is 4.79 Å². The fraction of sp³-hybridized carbons (Fsp3) is 0.435. The van der Waals surface area contributed by atoms with Gasteiger partial charge >= 0.3 is 0 Å². The molecule has 154 valence electrons. The molecule has 0 aromatic heterocycles. The first-order valence-electron chi connectivity index (χ1n) is 10.3. The van der Waals surface area contributed by atoms with E-state index in [1.807, 2.05) is 11.0 Å². The van der Waals surface area contributed by atoms with Crippen molar-refractivity contribution in [1.29, 1.82) is 0 Å². The highest BCUT2D eigenvalue weighted by Gasteiger charge is 2.27. The van der Waals surface area contributed by atoms with Crippen LogP contribution in [0.1, 0.15) is 23.2 Å². The lowest BCUT2D eigenvalue weighted by molar-refractivity contribution is 0.0740. The Morgan fingerprint density at radius 2 is 1.21 bits per heavy atom. The van der Waals surface area contributed by atoms with Gasteiger partial charge in [0.15, 0.2) is 0 Å². The van der Waals surface area contributed by atoms with E-state index in [4.69, 9.17) is 9.47 Å². The van der Waals surface area contributed by atoms with Gasteiger partial charge in [0.05, 0.1) is 14.2 Å². The predicted octanol–water partition coefficient (Wildman–Crippen LogP) is 3.27. The molecule has 6 nitrogen and oxygen atoms in total. The van der Waals surface area contributed by atoms with Gasteiger partial charge in [0.25, 0.3) is 5.91 Å². The van der Waals surface area contributed by atoms with Gasteiger partial charge in [0, 0.05) is 50.6 Å². The summed E-state index contributed by atoms with van der Waals surface area (Å²) in [5.41, 5.74) is 3.03. The Balaban J connectivity index is 1.41. The van der Waals surface area contributed by atoms with Crippen LogP contribution >= 0.6 is 0 Å². The number of hydrogen-bond acceptors (Lipinski definition) is 5. The minimum atomic E-state index is -0.0386. The highest BCUT2D eigenvalue weighted by Crippen LogP contribution is 2.30.